The molecule has 0 radical (unpaired) electrons. The summed E-state index contributed by atoms with van der Waals surface area (Å²) in [6.07, 6.45) is 10.1. The highest BCUT2D eigenvalue weighted by molar-refractivity contribution is 4.97. The van der Waals surface area contributed by atoms with Crippen LogP contribution in [-0.2, 0) is 0 Å². The lowest BCUT2D eigenvalue weighted by atomic mass is 9.90. The third kappa shape index (κ3) is 2.98. The van der Waals surface area contributed by atoms with Gasteiger partial charge in [-0.25, -0.2) is 0 Å². The van der Waals surface area contributed by atoms with Gasteiger partial charge in [0.2, 0.25) is 0 Å². The van der Waals surface area contributed by atoms with Gasteiger partial charge in [0, 0.05) is 12.6 Å². The van der Waals surface area contributed by atoms with Crippen LogP contribution in [0.15, 0.2) is 0 Å². The molecule has 1 nitrogen and oxygen atoms in total. The van der Waals surface area contributed by atoms with Gasteiger partial charge in [0.1, 0.15) is 0 Å². The maximum absolute atomic E-state index is 3.71. The topological polar surface area (TPSA) is 12.0 Å². The summed E-state index contributed by atoms with van der Waals surface area (Å²) in [5.41, 5.74) is 0.733. The quantitative estimate of drug-likeness (QED) is 0.657. The van der Waals surface area contributed by atoms with E-state index in [-0.39, 0.29) is 0 Å². The predicted molar refractivity (Wildman–Crippen MR) is 61.4 cm³/mol. The fraction of sp³-hybridized carbons (Fsp3) is 1.00. The minimum absolute atomic E-state index is 0.733. The summed E-state index contributed by atoms with van der Waals surface area (Å²) in [4.78, 5) is 0. The molecule has 0 heterocycles. The molecule has 2 aliphatic rings. The van der Waals surface area contributed by atoms with E-state index in [1.807, 2.05) is 0 Å². The maximum Gasteiger partial charge on any atom is 0.00684 e. The van der Waals surface area contributed by atoms with Gasteiger partial charge in [0.25, 0.3) is 0 Å². The van der Waals surface area contributed by atoms with Crippen molar-refractivity contribution in [3.05, 3.63) is 0 Å². The first kappa shape index (κ1) is 10.5. The third-order valence-electron chi connectivity index (χ3n) is 3.86. The van der Waals surface area contributed by atoms with Gasteiger partial charge in [-0.2, -0.15) is 0 Å². The molecule has 2 fully saturated rings. The van der Waals surface area contributed by atoms with Crippen molar-refractivity contribution in [1.82, 2.24) is 5.32 Å². The molecule has 2 aliphatic carbocycles. The van der Waals surface area contributed by atoms with Crippen LogP contribution >= 0.6 is 0 Å². The highest BCUT2D eigenvalue weighted by atomic mass is 15.0. The normalized spacial score (nSPS) is 26.1. The van der Waals surface area contributed by atoms with Crippen LogP contribution in [0.3, 0.4) is 0 Å². The smallest absolute Gasteiger partial charge is 0.00684 e. The van der Waals surface area contributed by atoms with Crippen LogP contribution in [0.2, 0.25) is 0 Å². The maximum atomic E-state index is 3.71. The fourth-order valence-corrected chi connectivity index (χ4v) is 2.61. The molecule has 1 heteroatoms. The Bertz CT molecular complexity index is 180. The van der Waals surface area contributed by atoms with Crippen molar-refractivity contribution in [3.8, 4) is 0 Å². The summed E-state index contributed by atoms with van der Waals surface area (Å²) < 4.78 is 0. The van der Waals surface area contributed by atoms with E-state index in [1.54, 1.807) is 0 Å². The van der Waals surface area contributed by atoms with Crippen molar-refractivity contribution in [2.75, 3.05) is 6.54 Å². The van der Waals surface area contributed by atoms with Gasteiger partial charge in [-0.3, -0.25) is 0 Å². The Labute approximate surface area is 88.7 Å². The molecule has 82 valence electrons. The second-order valence-corrected chi connectivity index (χ2v) is 5.75. The van der Waals surface area contributed by atoms with Gasteiger partial charge in [0.05, 0.1) is 0 Å². The van der Waals surface area contributed by atoms with E-state index in [0.717, 1.165) is 17.4 Å². The molecule has 0 amide bonds. The van der Waals surface area contributed by atoms with Crippen LogP contribution in [0.1, 0.15) is 58.8 Å². The van der Waals surface area contributed by atoms with Gasteiger partial charge >= 0.3 is 0 Å². The zero-order valence-electron chi connectivity index (χ0n) is 9.81. The Balaban J connectivity index is 1.66. The van der Waals surface area contributed by atoms with Gasteiger partial charge < -0.3 is 5.32 Å². The molecule has 0 aromatic rings. The van der Waals surface area contributed by atoms with Gasteiger partial charge in [-0.05, 0) is 43.4 Å². The lowest BCUT2D eigenvalue weighted by Gasteiger charge is -2.20. The predicted octanol–water partition coefficient (Wildman–Crippen LogP) is 3.34. The first-order chi connectivity index (χ1) is 6.74. The molecular weight excluding hydrogens is 170 g/mol. The largest absolute Gasteiger partial charge is 0.313 e. The molecule has 2 rings (SSSR count). The van der Waals surface area contributed by atoms with E-state index in [1.165, 1.54) is 51.5 Å². The Morgan fingerprint density at radius 2 is 2.07 bits per heavy atom. The molecular formula is C13H25N. The number of nitrogens with one attached hydrogen (secondary N) is 1. The minimum Gasteiger partial charge on any atom is -0.313 e. The van der Waals surface area contributed by atoms with E-state index in [9.17, 15) is 0 Å². The second-order valence-electron chi connectivity index (χ2n) is 5.75. The molecule has 0 saturated heterocycles. The van der Waals surface area contributed by atoms with E-state index < -0.39 is 0 Å². The van der Waals surface area contributed by atoms with Crippen molar-refractivity contribution in [3.63, 3.8) is 0 Å². The van der Waals surface area contributed by atoms with E-state index >= 15 is 0 Å². The van der Waals surface area contributed by atoms with Crippen LogP contribution in [0.5, 0.6) is 0 Å². The van der Waals surface area contributed by atoms with Gasteiger partial charge in [-0.15, -0.1) is 0 Å². The highest BCUT2D eigenvalue weighted by Crippen LogP contribution is 2.50. The van der Waals surface area contributed by atoms with Crippen molar-refractivity contribution in [2.24, 2.45) is 11.3 Å². The lowest BCUT2D eigenvalue weighted by molar-refractivity contribution is 0.336. The van der Waals surface area contributed by atoms with Crippen LogP contribution in [0.25, 0.3) is 0 Å². The molecule has 14 heavy (non-hydrogen) atoms. The molecule has 1 atom stereocenters. The van der Waals surface area contributed by atoms with Crippen molar-refractivity contribution >= 4 is 0 Å². The van der Waals surface area contributed by atoms with Crippen molar-refractivity contribution < 1.29 is 0 Å². The van der Waals surface area contributed by atoms with Crippen molar-refractivity contribution in [1.29, 1.82) is 0 Å². The molecule has 0 aromatic carbocycles. The summed E-state index contributed by atoms with van der Waals surface area (Å²) >= 11 is 0. The van der Waals surface area contributed by atoms with Crippen LogP contribution in [-0.4, -0.2) is 12.6 Å². The monoisotopic (exact) mass is 195 g/mol. The highest BCUT2D eigenvalue weighted by Gasteiger charge is 2.43. The second kappa shape index (κ2) is 4.22. The fourth-order valence-electron chi connectivity index (χ4n) is 2.61. The standard InChI is InChI=1S/C13H25N/c1-3-4-11(2)9-13(7-8-13)10-14-12-5-6-12/h11-12,14H,3-10H2,1-2H3. The van der Waals surface area contributed by atoms with E-state index in [4.69, 9.17) is 0 Å². The summed E-state index contributed by atoms with van der Waals surface area (Å²) in [6.45, 7) is 6.05. The Morgan fingerprint density at radius 3 is 2.57 bits per heavy atom. The summed E-state index contributed by atoms with van der Waals surface area (Å²) in [7, 11) is 0. The average Bonchev–Trinajstić information content (AvgIpc) is 2.97. The lowest BCUT2D eigenvalue weighted by Crippen LogP contribution is -2.27. The number of hydrogen-bond acceptors (Lipinski definition) is 1. The van der Waals surface area contributed by atoms with Crippen LogP contribution in [0, 0.1) is 11.3 Å². The molecule has 1 N–H and O–H groups in total. The summed E-state index contributed by atoms with van der Waals surface area (Å²) in [5.74, 6) is 0.948. The van der Waals surface area contributed by atoms with Gasteiger partial charge in [-0.1, -0.05) is 26.7 Å². The Hall–Kier alpha value is -0.0400. The summed E-state index contributed by atoms with van der Waals surface area (Å²) in [5, 5.41) is 3.71. The number of rotatable bonds is 7. The molecule has 1 unspecified atom stereocenters. The van der Waals surface area contributed by atoms with Crippen LogP contribution < -0.4 is 5.32 Å². The molecule has 0 bridgehead atoms. The Kier molecular flexibility index (Phi) is 3.16. The van der Waals surface area contributed by atoms with Crippen molar-refractivity contribution in [2.45, 2.75) is 64.8 Å². The third-order valence-corrected chi connectivity index (χ3v) is 3.86. The average molecular weight is 195 g/mol. The Morgan fingerprint density at radius 1 is 1.36 bits per heavy atom. The number of hydrogen-bond donors (Lipinski definition) is 1. The first-order valence-electron chi connectivity index (χ1n) is 6.47. The zero-order valence-corrected chi connectivity index (χ0v) is 9.81. The zero-order chi connectivity index (χ0) is 10.0. The van der Waals surface area contributed by atoms with Crippen LogP contribution in [0.4, 0.5) is 0 Å². The minimum atomic E-state index is 0.733. The summed E-state index contributed by atoms with van der Waals surface area (Å²) in [6, 6.07) is 0.897. The molecule has 0 spiro atoms. The molecule has 0 aromatic heterocycles. The molecule has 2 saturated carbocycles. The van der Waals surface area contributed by atoms with E-state index in [0.29, 0.717) is 0 Å². The van der Waals surface area contributed by atoms with Gasteiger partial charge in [0.15, 0.2) is 0 Å². The SMILES string of the molecule is CCCC(C)CC1(CNC2CC2)CC1. The first-order valence-corrected chi connectivity index (χ1v) is 6.47. The molecule has 0 aliphatic heterocycles. The van der Waals surface area contributed by atoms with E-state index in [2.05, 4.69) is 19.2 Å².